The molecule has 0 aliphatic rings. The van der Waals surface area contributed by atoms with Gasteiger partial charge in [0.2, 0.25) is 0 Å². The van der Waals surface area contributed by atoms with Crippen LogP contribution in [-0.2, 0) is 6.54 Å². The van der Waals surface area contributed by atoms with Crippen LogP contribution >= 0.6 is 0 Å². The zero-order valence-corrected chi connectivity index (χ0v) is 9.23. The third-order valence-electron chi connectivity index (χ3n) is 2.52. The highest BCUT2D eigenvalue weighted by molar-refractivity contribution is 5.61. The minimum absolute atomic E-state index is 0.395. The first-order valence-electron chi connectivity index (χ1n) is 5.11. The van der Waals surface area contributed by atoms with Gasteiger partial charge in [0, 0.05) is 17.6 Å². The molecular formula is C13H14N2O. The van der Waals surface area contributed by atoms with Crippen molar-refractivity contribution < 1.29 is 4.42 Å². The van der Waals surface area contributed by atoms with Crippen molar-refractivity contribution in [3.63, 3.8) is 0 Å². The molecule has 0 atom stereocenters. The maximum absolute atomic E-state index is 5.63. The molecule has 0 radical (unpaired) electrons. The molecular weight excluding hydrogens is 200 g/mol. The number of hydrogen-bond acceptors (Lipinski definition) is 3. The molecule has 0 saturated heterocycles. The molecule has 2 aromatic rings. The molecule has 0 amide bonds. The summed E-state index contributed by atoms with van der Waals surface area (Å²) in [6.45, 7) is 6.35. The van der Waals surface area contributed by atoms with Crippen molar-refractivity contribution in [2.75, 3.05) is 0 Å². The smallest absolute Gasteiger partial charge is 0.137 e. The van der Waals surface area contributed by atoms with Crippen molar-refractivity contribution in [3.8, 4) is 0 Å². The van der Waals surface area contributed by atoms with E-state index < -0.39 is 0 Å². The third kappa shape index (κ3) is 1.90. The molecule has 0 unspecified atom stereocenters. The van der Waals surface area contributed by atoms with Gasteiger partial charge >= 0.3 is 0 Å². The normalized spacial score (nSPS) is 12.6. The van der Waals surface area contributed by atoms with Crippen molar-refractivity contribution >= 4 is 12.2 Å². The lowest BCUT2D eigenvalue weighted by molar-refractivity contribution is 0.480. The van der Waals surface area contributed by atoms with E-state index in [4.69, 9.17) is 10.2 Å². The van der Waals surface area contributed by atoms with E-state index in [-0.39, 0.29) is 0 Å². The average Bonchev–Trinajstić information content (AvgIpc) is 2.71. The van der Waals surface area contributed by atoms with E-state index in [0.29, 0.717) is 6.54 Å². The first kappa shape index (κ1) is 10.6. The molecule has 2 aromatic heterocycles. The molecule has 2 heterocycles. The molecule has 0 saturated carbocycles. The van der Waals surface area contributed by atoms with Gasteiger partial charge in [0.1, 0.15) is 11.2 Å². The summed E-state index contributed by atoms with van der Waals surface area (Å²) in [6.07, 6.45) is 3.52. The number of pyridine rings is 1. The van der Waals surface area contributed by atoms with E-state index in [0.717, 1.165) is 27.5 Å². The second-order valence-electron chi connectivity index (χ2n) is 3.63. The van der Waals surface area contributed by atoms with E-state index in [1.165, 1.54) is 0 Å². The van der Waals surface area contributed by atoms with Gasteiger partial charge in [-0.3, -0.25) is 4.98 Å². The fourth-order valence-electron chi connectivity index (χ4n) is 1.64. The van der Waals surface area contributed by atoms with Gasteiger partial charge in [-0.2, -0.15) is 0 Å². The molecule has 16 heavy (non-hydrogen) atoms. The Labute approximate surface area is 93.9 Å². The van der Waals surface area contributed by atoms with Crippen LogP contribution in [0.3, 0.4) is 0 Å². The number of rotatable bonds is 2. The summed E-state index contributed by atoms with van der Waals surface area (Å²) in [5, 5.41) is 0.870. The summed E-state index contributed by atoms with van der Waals surface area (Å²) >= 11 is 0. The Morgan fingerprint density at radius 1 is 1.44 bits per heavy atom. The Kier molecular flexibility index (Phi) is 2.88. The van der Waals surface area contributed by atoms with Gasteiger partial charge < -0.3 is 10.2 Å². The van der Waals surface area contributed by atoms with Gasteiger partial charge in [-0.15, -0.1) is 0 Å². The summed E-state index contributed by atoms with van der Waals surface area (Å²) in [5.74, 6) is 0.758. The predicted molar refractivity (Wildman–Crippen MR) is 63.8 cm³/mol. The maximum atomic E-state index is 5.63. The van der Waals surface area contributed by atoms with Gasteiger partial charge in [0.25, 0.3) is 0 Å². The molecule has 82 valence electrons. The fraction of sp³-hybridized carbons (Fsp3) is 0.154. The zero-order chi connectivity index (χ0) is 11.5. The highest BCUT2D eigenvalue weighted by atomic mass is 16.3. The van der Waals surface area contributed by atoms with Gasteiger partial charge in [-0.1, -0.05) is 6.58 Å². The third-order valence-corrected chi connectivity index (χ3v) is 2.52. The van der Waals surface area contributed by atoms with Crippen LogP contribution in [0.15, 0.2) is 35.0 Å². The van der Waals surface area contributed by atoms with Crippen molar-refractivity contribution in [2.24, 2.45) is 5.73 Å². The van der Waals surface area contributed by atoms with Crippen LogP contribution in [0, 0.1) is 0 Å². The van der Waals surface area contributed by atoms with Gasteiger partial charge in [0.15, 0.2) is 0 Å². The van der Waals surface area contributed by atoms with E-state index in [9.17, 15) is 0 Å². The maximum Gasteiger partial charge on any atom is 0.137 e. The number of aromatic nitrogens is 1. The van der Waals surface area contributed by atoms with E-state index in [1.807, 2.05) is 25.1 Å². The second kappa shape index (κ2) is 4.33. The summed E-state index contributed by atoms with van der Waals surface area (Å²) in [7, 11) is 0. The van der Waals surface area contributed by atoms with Gasteiger partial charge in [-0.05, 0) is 36.3 Å². The lowest BCUT2D eigenvalue weighted by Gasteiger charge is -1.97. The number of nitrogens with zero attached hydrogens (tertiary/aromatic N) is 1. The molecule has 3 nitrogen and oxygen atoms in total. The van der Waals surface area contributed by atoms with Crippen LogP contribution in [0.5, 0.6) is 0 Å². The molecule has 0 fully saturated rings. The van der Waals surface area contributed by atoms with Gasteiger partial charge in [-0.25, -0.2) is 0 Å². The monoisotopic (exact) mass is 214 g/mol. The van der Waals surface area contributed by atoms with Crippen LogP contribution in [-0.4, -0.2) is 4.98 Å². The van der Waals surface area contributed by atoms with Crippen LogP contribution in [0.1, 0.15) is 18.2 Å². The molecule has 3 heteroatoms. The summed E-state index contributed by atoms with van der Waals surface area (Å²) in [6, 6.07) is 5.76. The Balaban J connectivity index is 2.64. The summed E-state index contributed by atoms with van der Waals surface area (Å²) in [5.41, 5.74) is 8.46. The van der Waals surface area contributed by atoms with Crippen molar-refractivity contribution in [1.82, 2.24) is 4.98 Å². The Bertz CT molecular complexity index is 584. The van der Waals surface area contributed by atoms with Crippen molar-refractivity contribution in [2.45, 2.75) is 13.5 Å². The molecule has 0 aromatic carbocycles. The van der Waals surface area contributed by atoms with E-state index in [1.54, 1.807) is 12.4 Å². The van der Waals surface area contributed by atoms with E-state index >= 15 is 0 Å². The highest BCUT2D eigenvalue weighted by Crippen LogP contribution is 2.07. The van der Waals surface area contributed by atoms with E-state index in [2.05, 4.69) is 11.6 Å². The van der Waals surface area contributed by atoms with Crippen molar-refractivity contribution in [1.29, 1.82) is 0 Å². The first-order chi connectivity index (χ1) is 7.72. The number of nitrogens with two attached hydrogens (primary N) is 1. The predicted octanol–water partition coefficient (Wildman–Crippen LogP) is 0.762. The number of hydrogen-bond donors (Lipinski definition) is 1. The lowest BCUT2D eigenvalue weighted by atomic mass is 10.1. The Morgan fingerprint density at radius 2 is 2.12 bits per heavy atom. The zero-order valence-electron chi connectivity index (χ0n) is 9.23. The SMILES string of the molecule is C=c1cc(CN)oc1=C(C)c1ccncc1. The Hall–Kier alpha value is -1.87. The molecule has 0 aliphatic carbocycles. The molecule has 2 rings (SSSR count). The molecule has 0 aliphatic heterocycles. The van der Waals surface area contributed by atoms with Crippen LogP contribution in [0.2, 0.25) is 0 Å². The second-order valence-corrected chi connectivity index (χ2v) is 3.63. The van der Waals surface area contributed by atoms with Crippen molar-refractivity contribution in [3.05, 3.63) is 52.6 Å². The first-order valence-corrected chi connectivity index (χ1v) is 5.11. The molecule has 2 N–H and O–H groups in total. The number of furan rings is 1. The fourth-order valence-corrected chi connectivity index (χ4v) is 1.64. The van der Waals surface area contributed by atoms with Crippen LogP contribution < -0.4 is 16.4 Å². The van der Waals surface area contributed by atoms with Crippen LogP contribution in [0.4, 0.5) is 0 Å². The quantitative estimate of drug-likeness (QED) is 0.803. The summed E-state index contributed by atoms with van der Waals surface area (Å²) in [4.78, 5) is 3.99. The largest absolute Gasteiger partial charge is 0.459 e. The standard InChI is InChI=1S/C13H14N2O/c1-9-7-12(8-14)16-13(9)10(2)11-3-5-15-6-4-11/h3-7H,1,8,14H2,2H3. The van der Waals surface area contributed by atoms with Crippen LogP contribution in [0.25, 0.3) is 12.2 Å². The molecule has 0 spiro atoms. The lowest BCUT2D eigenvalue weighted by Crippen LogP contribution is -2.20. The average molecular weight is 214 g/mol. The minimum atomic E-state index is 0.395. The highest BCUT2D eigenvalue weighted by Gasteiger charge is 2.02. The topological polar surface area (TPSA) is 52.0 Å². The summed E-state index contributed by atoms with van der Waals surface area (Å²) < 4.78 is 5.63. The molecule has 0 bridgehead atoms. The van der Waals surface area contributed by atoms with Gasteiger partial charge in [0.05, 0.1) is 6.54 Å². The Morgan fingerprint density at radius 3 is 2.69 bits per heavy atom. The minimum Gasteiger partial charge on any atom is -0.459 e.